The van der Waals surface area contributed by atoms with Gasteiger partial charge in [0.05, 0.1) is 16.9 Å². The monoisotopic (exact) mass is 271 g/mol. The molecule has 0 radical (unpaired) electrons. The average Bonchev–Trinajstić information content (AvgIpc) is 2.63. The topological polar surface area (TPSA) is 54.9 Å². The molecular formula is C15H14FN3O. The van der Waals surface area contributed by atoms with Crippen molar-refractivity contribution in [3.63, 3.8) is 0 Å². The van der Waals surface area contributed by atoms with Crippen molar-refractivity contribution in [2.45, 2.75) is 25.7 Å². The molecule has 0 unspecified atom stereocenters. The normalized spacial score (nSPS) is 14.6. The van der Waals surface area contributed by atoms with Gasteiger partial charge in [-0.3, -0.25) is 4.79 Å². The molecule has 2 aromatic rings. The first-order chi connectivity index (χ1) is 9.74. The number of hydrogen-bond acceptors (Lipinski definition) is 4. The second kappa shape index (κ2) is 5.36. The van der Waals surface area contributed by atoms with Crippen molar-refractivity contribution in [2.75, 3.05) is 5.32 Å². The molecule has 1 heterocycles. The lowest BCUT2D eigenvalue weighted by atomic mass is 10.1. The number of anilines is 2. The van der Waals surface area contributed by atoms with E-state index in [1.165, 1.54) is 6.07 Å². The number of carbonyl (C=O) groups excluding carboxylic acids is 1. The van der Waals surface area contributed by atoms with Crippen molar-refractivity contribution >= 4 is 17.4 Å². The summed E-state index contributed by atoms with van der Waals surface area (Å²) in [5.41, 5.74) is 1.68. The van der Waals surface area contributed by atoms with E-state index < -0.39 is 0 Å². The number of nitrogens with zero attached hydrogens (tertiary/aromatic N) is 2. The van der Waals surface area contributed by atoms with Crippen molar-refractivity contribution in [1.82, 2.24) is 9.97 Å². The Balaban J connectivity index is 1.91. The maximum absolute atomic E-state index is 13.6. The molecule has 1 N–H and O–H groups in total. The highest BCUT2D eigenvalue weighted by Crippen LogP contribution is 2.21. The number of aryl methyl sites for hydroxylation is 1. The van der Waals surface area contributed by atoms with Gasteiger partial charge in [-0.15, -0.1) is 0 Å². The van der Waals surface area contributed by atoms with Gasteiger partial charge in [0, 0.05) is 12.6 Å². The highest BCUT2D eigenvalue weighted by molar-refractivity contribution is 5.97. The molecule has 5 heteroatoms. The van der Waals surface area contributed by atoms with Crippen LogP contribution in [0.25, 0.3) is 0 Å². The van der Waals surface area contributed by atoms with Crippen LogP contribution in [0.4, 0.5) is 16.0 Å². The third-order valence-corrected chi connectivity index (χ3v) is 3.36. The number of ketones is 1. The van der Waals surface area contributed by atoms with E-state index >= 15 is 0 Å². The van der Waals surface area contributed by atoms with E-state index in [9.17, 15) is 9.18 Å². The number of aromatic nitrogens is 2. The van der Waals surface area contributed by atoms with E-state index in [-0.39, 0.29) is 11.6 Å². The summed E-state index contributed by atoms with van der Waals surface area (Å²) >= 11 is 0. The van der Waals surface area contributed by atoms with Crippen molar-refractivity contribution in [3.05, 3.63) is 47.5 Å². The van der Waals surface area contributed by atoms with Crippen LogP contribution < -0.4 is 5.32 Å². The van der Waals surface area contributed by atoms with Gasteiger partial charge in [-0.2, -0.15) is 0 Å². The lowest BCUT2D eigenvalue weighted by molar-refractivity contribution is 0.0981. The molecule has 0 atom stereocenters. The van der Waals surface area contributed by atoms with Crippen LogP contribution in [0, 0.1) is 5.82 Å². The number of fused-ring (bicyclic) bond motifs is 1. The number of carbonyl (C=O) groups is 1. The summed E-state index contributed by atoms with van der Waals surface area (Å²) in [5, 5.41) is 2.85. The molecule has 1 aromatic carbocycles. The molecular weight excluding hydrogens is 257 g/mol. The molecule has 0 saturated carbocycles. The molecule has 102 valence electrons. The molecule has 1 aliphatic rings. The van der Waals surface area contributed by atoms with Gasteiger partial charge in [-0.1, -0.05) is 12.1 Å². The van der Waals surface area contributed by atoms with Gasteiger partial charge in [0.25, 0.3) is 0 Å². The number of Topliss-reactive ketones (excluding diaryl/α,β-unsaturated/α-hetero) is 1. The predicted octanol–water partition coefficient (Wildman–Crippen LogP) is 3.27. The van der Waals surface area contributed by atoms with Crippen LogP contribution in [0.5, 0.6) is 0 Å². The van der Waals surface area contributed by atoms with Crippen LogP contribution in [0.3, 0.4) is 0 Å². The number of para-hydroxylation sites is 1. The minimum absolute atomic E-state index is 0.0925. The molecule has 1 aromatic heterocycles. The Kier molecular flexibility index (Phi) is 3.41. The van der Waals surface area contributed by atoms with E-state index in [1.807, 2.05) is 0 Å². The number of hydrogen-bond donors (Lipinski definition) is 1. The maximum atomic E-state index is 13.6. The van der Waals surface area contributed by atoms with Crippen LogP contribution in [0.2, 0.25) is 0 Å². The Labute approximate surface area is 116 Å². The molecule has 0 saturated heterocycles. The second-order valence-corrected chi connectivity index (χ2v) is 4.79. The summed E-state index contributed by atoms with van der Waals surface area (Å²) < 4.78 is 13.6. The molecule has 4 nitrogen and oxygen atoms in total. The summed E-state index contributed by atoms with van der Waals surface area (Å²) in [6.45, 7) is 0. The highest BCUT2D eigenvalue weighted by Gasteiger charge is 2.18. The molecule has 0 aliphatic heterocycles. The van der Waals surface area contributed by atoms with Crippen molar-refractivity contribution < 1.29 is 9.18 Å². The maximum Gasteiger partial charge on any atom is 0.227 e. The van der Waals surface area contributed by atoms with E-state index in [2.05, 4.69) is 15.3 Å². The third-order valence-electron chi connectivity index (χ3n) is 3.36. The van der Waals surface area contributed by atoms with Gasteiger partial charge in [-0.05, 0) is 31.4 Å². The Bertz CT molecular complexity index is 657. The Morgan fingerprint density at radius 2 is 1.95 bits per heavy atom. The fraction of sp³-hybridized carbons (Fsp3) is 0.267. The van der Waals surface area contributed by atoms with Crippen LogP contribution in [0.15, 0.2) is 30.5 Å². The van der Waals surface area contributed by atoms with E-state index in [0.717, 1.165) is 25.0 Å². The van der Waals surface area contributed by atoms with E-state index in [1.54, 1.807) is 24.4 Å². The fourth-order valence-electron chi connectivity index (χ4n) is 2.30. The first-order valence-corrected chi connectivity index (χ1v) is 6.65. The van der Waals surface area contributed by atoms with Gasteiger partial charge >= 0.3 is 0 Å². The van der Waals surface area contributed by atoms with E-state index in [0.29, 0.717) is 23.6 Å². The van der Waals surface area contributed by atoms with Gasteiger partial charge in [0.15, 0.2) is 5.78 Å². The standard InChI is InChI=1S/C15H14FN3O/c16-11-5-1-2-7-13(11)19-15-17-9-10-12(18-15)6-3-4-8-14(10)20/h1-2,5,7,9H,3-4,6,8H2,(H,17,18,19). The highest BCUT2D eigenvalue weighted by atomic mass is 19.1. The van der Waals surface area contributed by atoms with Gasteiger partial charge in [-0.25, -0.2) is 14.4 Å². The van der Waals surface area contributed by atoms with Crippen LogP contribution in [0.1, 0.15) is 35.3 Å². The lowest BCUT2D eigenvalue weighted by Gasteiger charge is -2.08. The molecule has 3 rings (SSSR count). The number of halogens is 1. The Hall–Kier alpha value is -2.30. The fourth-order valence-corrected chi connectivity index (χ4v) is 2.30. The molecule has 0 fully saturated rings. The summed E-state index contributed by atoms with van der Waals surface area (Å²) in [6, 6.07) is 6.35. The summed E-state index contributed by atoms with van der Waals surface area (Å²) in [4.78, 5) is 20.3. The van der Waals surface area contributed by atoms with Crippen LogP contribution in [-0.4, -0.2) is 15.8 Å². The Morgan fingerprint density at radius 1 is 1.15 bits per heavy atom. The lowest BCUT2D eigenvalue weighted by Crippen LogP contribution is -2.07. The smallest absolute Gasteiger partial charge is 0.227 e. The first kappa shape index (κ1) is 12.7. The molecule has 0 amide bonds. The molecule has 1 aliphatic carbocycles. The molecule has 0 bridgehead atoms. The zero-order valence-corrected chi connectivity index (χ0v) is 10.9. The molecule has 20 heavy (non-hydrogen) atoms. The van der Waals surface area contributed by atoms with Gasteiger partial charge < -0.3 is 5.32 Å². The summed E-state index contributed by atoms with van der Waals surface area (Å²) in [5.74, 6) is 0.0561. The minimum atomic E-state index is -0.359. The minimum Gasteiger partial charge on any atom is -0.322 e. The Morgan fingerprint density at radius 3 is 2.80 bits per heavy atom. The zero-order valence-electron chi connectivity index (χ0n) is 10.9. The van der Waals surface area contributed by atoms with Crippen molar-refractivity contribution in [2.24, 2.45) is 0 Å². The first-order valence-electron chi connectivity index (χ1n) is 6.65. The van der Waals surface area contributed by atoms with Crippen molar-refractivity contribution in [3.8, 4) is 0 Å². The van der Waals surface area contributed by atoms with Crippen molar-refractivity contribution in [1.29, 1.82) is 0 Å². The summed E-state index contributed by atoms with van der Waals surface area (Å²) in [6.07, 6.45) is 4.67. The average molecular weight is 271 g/mol. The molecule has 0 spiro atoms. The summed E-state index contributed by atoms with van der Waals surface area (Å²) in [7, 11) is 0. The number of nitrogens with one attached hydrogen (secondary N) is 1. The largest absolute Gasteiger partial charge is 0.322 e. The van der Waals surface area contributed by atoms with E-state index in [4.69, 9.17) is 0 Å². The predicted molar refractivity (Wildman–Crippen MR) is 73.6 cm³/mol. The second-order valence-electron chi connectivity index (χ2n) is 4.79. The quantitative estimate of drug-likeness (QED) is 0.852. The third kappa shape index (κ3) is 2.52. The number of rotatable bonds is 2. The van der Waals surface area contributed by atoms with Gasteiger partial charge in [0.2, 0.25) is 5.95 Å². The number of benzene rings is 1. The zero-order chi connectivity index (χ0) is 13.9. The van der Waals surface area contributed by atoms with Crippen LogP contribution >= 0.6 is 0 Å². The SMILES string of the molecule is O=C1CCCCc2nc(Nc3ccccc3F)ncc21. The van der Waals surface area contributed by atoms with Gasteiger partial charge in [0.1, 0.15) is 5.82 Å². The van der Waals surface area contributed by atoms with Crippen LogP contribution in [-0.2, 0) is 6.42 Å².